The van der Waals surface area contributed by atoms with Gasteiger partial charge in [-0.25, -0.2) is 5.32 Å². The van der Waals surface area contributed by atoms with E-state index in [0.29, 0.717) is 12.1 Å². The molecule has 0 aromatic carbocycles. The molecule has 0 aromatic heterocycles. The van der Waals surface area contributed by atoms with Gasteiger partial charge in [0.25, 0.3) is 0 Å². The molecular weight excluding hydrogens is 112 g/mol. The fraction of sp³-hybridized carbons (Fsp3) is 1.00. The monoisotopic (exact) mass is 127 g/mol. The van der Waals surface area contributed by atoms with Crippen LogP contribution in [-0.4, -0.2) is 25.2 Å². The Morgan fingerprint density at radius 3 is 2.89 bits per heavy atom. The molecule has 2 nitrogen and oxygen atoms in total. The van der Waals surface area contributed by atoms with Crippen LogP contribution in [0, 0.1) is 0 Å². The van der Waals surface area contributed by atoms with E-state index in [2.05, 4.69) is 24.5 Å². The quantitative estimate of drug-likeness (QED) is 0.499. The van der Waals surface area contributed by atoms with E-state index in [0.717, 1.165) is 13.1 Å². The Kier molecular flexibility index (Phi) is 2.49. The molecule has 1 heterocycles. The lowest BCUT2D eigenvalue weighted by Gasteiger charge is -2.13. The van der Waals surface area contributed by atoms with E-state index in [-0.39, 0.29) is 0 Å². The standard InChI is InChI=1S/C7H15N2/c1-6-3-4-8-5-7(2)9-6/h6-7,9H,3-5H2,1-2H3. The third-order valence-electron chi connectivity index (χ3n) is 1.69. The maximum absolute atomic E-state index is 4.34. The fourth-order valence-corrected chi connectivity index (χ4v) is 1.19. The summed E-state index contributed by atoms with van der Waals surface area (Å²) in [5.74, 6) is 0. The topological polar surface area (TPSA) is 26.1 Å². The van der Waals surface area contributed by atoms with E-state index in [1.54, 1.807) is 0 Å². The first-order valence-corrected chi connectivity index (χ1v) is 3.68. The third kappa shape index (κ3) is 2.33. The second-order valence-corrected chi connectivity index (χ2v) is 2.89. The van der Waals surface area contributed by atoms with Gasteiger partial charge in [-0.15, -0.1) is 0 Å². The van der Waals surface area contributed by atoms with Gasteiger partial charge in [0, 0.05) is 25.2 Å². The summed E-state index contributed by atoms with van der Waals surface area (Å²) >= 11 is 0. The molecule has 2 unspecified atom stereocenters. The largest absolute Gasteiger partial charge is 0.310 e. The molecule has 1 rings (SSSR count). The highest BCUT2D eigenvalue weighted by molar-refractivity contribution is 4.73. The van der Waals surface area contributed by atoms with Crippen molar-refractivity contribution in [2.24, 2.45) is 0 Å². The minimum Gasteiger partial charge on any atom is -0.310 e. The minimum atomic E-state index is 0.586. The second-order valence-electron chi connectivity index (χ2n) is 2.89. The molecular formula is C7H15N2. The maximum Gasteiger partial charge on any atom is 0.0284 e. The van der Waals surface area contributed by atoms with Crippen LogP contribution in [0.2, 0.25) is 0 Å². The number of nitrogens with one attached hydrogen (secondary N) is 1. The maximum atomic E-state index is 4.34. The number of hydrogen-bond acceptors (Lipinski definition) is 1. The van der Waals surface area contributed by atoms with Crippen LogP contribution in [0.5, 0.6) is 0 Å². The van der Waals surface area contributed by atoms with Crippen LogP contribution in [0.15, 0.2) is 0 Å². The van der Waals surface area contributed by atoms with Crippen molar-refractivity contribution in [3.8, 4) is 0 Å². The van der Waals surface area contributed by atoms with Gasteiger partial charge in [0.15, 0.2) is 0 Å². The van der Waals surface area contributed by atoms with Crippen LogP contribution < -0.4 is 10.6 Å². The molecule has 0 bridgehead atoms. The van der Waals surface area contributed by atoms with Crippen molar-refractivity contribution >= 4 is 0 Å². The smallest absolute Gasteiger partial charge is 0.0284 e. The summed E-state index contributed by atoms with van der Waals surface area (Å²) in [6, 6.07) is 1.24. The SMILES string of the molecule is CC1CC[N]CC(C)N1. The number of nitrogens with zero attached hydrogens (tertiary/aromatic N) is 1. The molecule has 1 radical (unpaired) electrons. The predicted octanol–water partition coefficient (Wildman–Crippen LogP) is 0.361. The summed E-state index contributed by atoms with van der Waals surface area (Å²) in [4.78, 5) is 0. The summed E-state index contributed by atoms with van der Waals surface area (Å²) in [7, 11) is 0. The van der Waals surface area contributed by atoms with Crippen molar-refractivity contribution in [2.75, 3.05) is 13.1 Å². The molecule has 1 N–H and O–H groups in total. The van der Waals surface area contributed by atoms with E-state index in [1.165, 1.54) is 6.42 Å². The third-order valence-corrected chi connectivity index (χ3v) is 1.69. The van der Waals surface area contributed by atoms with E-state index in [9.17, 15) is 0 Å². The molecule has 1 aliphatic rings. The summed E-state index contributed by atoms with van der Waals surface area (Å²) in [5.41, 5.74) is 0. The zero-order valence-corrected chi connectivity index (χ0v) is 6.22. The zero-order valence-electron chi connectivity index (χ0n) is 6.22. The van der Waals surface area contributed by atoms with Crippen LogP contribution in [0.3, 0.4) is 0 Å². The van der Waals surface area contributed by atoms with Gasteiger partial charge in [0.05, 0.1) is 0 Å². The molecule has 1 saturated heterocycles. The van der Waals surface area contributed by atoms with Gasteiger partial charge in [0.1, 0.15) is 0 Å². The lowest BCUT2D eigenvalue weighted by Crippen LogP contribution is -2.35. The van der Waals surface area contributed by atoms with Crippen LogP contribution in [-0.2, 0) is 0 Å². The first kappa shape index (κ1) is 7.03. The highest BCUT2D eigenvalue weighted by Gasteiger charge is 2.10. The lowest BCUT2D eigenvalue weighted by atomic mass is 10.2. The van der Waals surface area contributed by atoms with E-state index in [1.807, 2.05) is 0 Å². The number of rotatable bonds is 0. The molecule has 0 amide bonds. The fourth-order valence-electron chi connectivity index (χ4n) is 1.19. The number of hydrogen-bond donors (Lipinski definition) is 1. The van der Waals surface area contributed by atoms with Crippen LogP contribution in [0.4, 0.5) is 0 Å². The molecule has 0 saturated carbocycles. The molecule has 2 heteroatoms. The summed E-state index contributed by atoms with van der Waals surface area (Å²) in [5, 5.41) is 7.79. The minimum absolute atomic E-state index is 0.586. The Balaban J connectivity index is 2.29. The molecule has 1 fully saturated rings. The second kappa shape index (κ2) is 3.18. The molecule has 53 valence electrons. The predicted molar refractivity (Wildman–Crippen MR) is 38.5 cm³/mol. The lowest BCUT2D eigenvalue weighted by molar-refractivity contribution is 0.490. The molecule has 0 spiro atoms. The Morgan fingerprint density at radius 2 is 2.11 bits per heavy atom. The Hall–Kier alpha value is -0.0800. The molecule has 1 aliphatic heterocycles. The summed E-state index contributed by atoms with van der Waals surface area (Å²) < 4.78 is 0. The first-order chi connectivity index (χ1) is 4.29. The first-order valence-electron chi connectivity index (χ1n) is 3.68. The average Bonchev–Trinajstić information content (AvgIpc) is 1.93. The molecule has 0 aromatic rings. The van der Waals surface area contributed by atoms with Crippen molar-refractivity contribution in [1.29, 1.82) is 0 Å². The summed E-state index contributed by atoms with van der Waals surface area (Å²) in [6.07, 6.45) is 1.20. The Bertz CT molecular complexity index is 73.0. The van der Waals surface area contributed by atoms with Crippen molar-refractivity contribution in [3.05, 3.63) is 0 Å². The molecule has 9 heavy (non-hydrogen) atoms. The van der Waals surface area contributed by atoms with Crippen molar-refractivity contribution in [3.63, 3.8) is 0 Å². The van der Waals surface area contributed by atoms with Crippen LogP contribution in [0.1, 0.15) is 20.3 Å². The molecule has 0 aliphatic carbocycles. The van der Waals surface area contributed by atoms with Crippen molar-refractivity contribution in [2.45, 2.75) is 32.4 Å². The van der Waals surface area contributed by atoms with Gasteiger partial charge >= 0.3 is 0 Å². The van der Waals surface area contributed by atoms with Gasteiger partial charge in [-0.2, -0.15) is 0 Å². The van der Waals surface area contributed by atoms with E-state index >= 15 is 0 Å². The van der Waals surface area contributed by atoms with E-state index in [4.69, 9.17) is 0 Å². The van der Waals surface area contributed by atoms with Crippen molar-refractivity contribution < 1.29 is 0 Å². The van der Waals surface area contributed by atoms with Gasteiger partial charge < -0.3 is 5.32 Å². The normalized spacial score (nSPS) is 38.0. The van der Waals surface area contributed by atoms with Crippen LogP contribution in [0.25, 0.3) is 0 Å². The van der Waals surface area contributed by atoms with E-state index < -0.39 is 0 Å². The summed E-state index contributed by atoms with van der Waals surface area (Å²) in [6.45, 7) is 6.44. The molecule has 2 atom stereocenters. The Morgan fingerprint density at radius 1 is 1.33 bits per heavy atom. The Labute approximate surface area is 57.0 Å². The van der Waals surface area contributed by atoms with Gasteiger partial charge in [0.2, 0.25) is 0 Å². The zero-order chi connectivity index (χ0) is 6.69. The van der Waals surface area contributed by atoms with Crippen molar-refractivity contribution in [1.82, 2.24) is 10.6 Å². The van der Waals surface area contributed by atoms with Crippen LogP contribution >= 0.6 is 0 Å². The average molecular weight is 127 g/mol. The van der Waals surface area contributed by atoms with Gasteiger partial charge in [-0.3, -0.25) is 0 Å². The van der Waals surface area contributed by atoms with Gasteiger partial charge in [-0.05, 0) is 20.3 Å². The highest BCUT2D eigenvalue weighted by Crippen LogP contribution is 1.96. The van der Waals surface area contributed by atoms with Gasteiger partial charge in [-0.1, -0.05) is 0 Å². The highest BCUT2D eigenvalue weighted by atomic mass is 15.0.